The first-order valence-corrected chi connectivity index (χ1v) is 7.39. The van der Waals surface area contributed by atoms with Crippen molar-refractivity contribution < 1.29 is 60.8 Å². The van der Waals surface area contributed by atoms with Crippen LogP contribution < -0.4 is 34.7 Å². The third-order valence-electron chi connectivity index (χ3n) is 2.67. The first kappa shape index (κ1) is 20.6. The molecule has 0 unspecified atom stereocenters. The van der Waals surface area contributed by atoms with E-state index in [1.54, 1.807) is 0 Å². The normalized spacial score (nSPS) is 12.2. The first-order chi connectivity index (χ1) is 10.6. The molecule has 0 fully saturated rings. The molecule has 2 rings (SSSR count). The summed E-state index contributed by atoms with van der Waals surface area (Å²) in [6.07, 6.45) is -4.56. The second-order valence-corrected chi connectivity index (χ2v) is 5.77. The van der Waals surface area contributed by atoms with Gasteiger partial charge in [-0.3, -0.25) is 4.55 Å². The van der Waals surface area contributed by atoms with Crippen molar-refractivity contribution in [2.45, 2.75) is 11.1 Å². The second kappa shape index (κ2) is 7.62. The fraction of sp³-hybridized carbons (Fsp3) is 0.0769. The van der Waals surface area contributed by atoms with E-state index in [1.807, 2.05) is 0 Å². The number of alkyl halides is 3. The Kier molecular flexibility index (Phi) is 6.53. The van der Waals surface area contributed by atoms with Crippen LogP contribution in [0.2, 0.25) is 0 Å². The predicted octanol–water partition coefficient (Wildman–Crippen LogP) is 0.445. The van der Waals surface area contributed by atoms with E-state index in [2.05, 4.69) is 10.2 Å². The molecule has 0 aliphatic carbocycles. The molecule has 0 aromatic heterocycles. The summed E-state index contributed by atoms with van der Waals surface area (Å²) in [6.45, 7) is 0. The van der Waals surface area contributed by atoms with Gasteiger partial charge in [-0.05, 0) is 30.3 Å². The van der Waals surface area contributed by atoms with Crippen molar-refractivity contribution in [3.05, 3.63) is 48.0 Å². The number of hydrogen-bond acceptors (Lipinski definition) is 5. The number of rotatable bonds is 3. The number of benzene rings is 2. The van der Waals surface area contributed by atoms with Gasteiger partial charge in [0, 0.05) is 0 Å². The zero-order valence-electron chi connectivity index (χ0n) is 12.1. The molecule has 11 heteroatoms. The van der Waals surface area contributed by atoms with Gasteiger partial charge in [-0.1, -0.05) is 17.9 Å². The van der Waals surface area contributed by atoms with E-state index in [0.717, 1.165) is 36.4 Å². The van der Waals surface area contributed by atoms with Crippen molar-refractivity contribution in [2.75, 3.05) is 0 Å². The van der Waals surface area contributed by atoms with Gasteiger partial charge in [0.2, 0.25) is 0 Å². The number of halogens is 3. The molecule has 0 atom stereocenters. The van der Waals surface area contributed by atoms with Gasteiger partial charge in [0.25, 0.3) is 10.1 Å². The standard InChI is InChI=1S/C13H9F3N2O4S.Na/c14-13(15,16)8-2-1-3-9(6-8)17-18-11-7-10(23(20,21)22)4-5-12(11)19;/h1-7,19H,(H,20,21,22);/q;+1/p-1. The quantitative estimate of drug-likeness (QED) is 0.483. The van der Waals surface area contributed by atoms with Gasteiger partial charge >= 0.3 is 35.7 Å². The van der Waals surface area contributed by atoms with Crippen LogP contribution in [0.5, 0.6) is 5.75 Å². The Morgan fingerprint density at radius 1 is 1.04 bits per heavy atom. The molecule has 0 aliphatic heterocycles. The summed E-state index contributed by atoms with van der Waals surface area (Å²) >= 11 is 0. The van der Waals surface area contributed by atoms with Gasteiger partial charge in [-0.25, -0.2) is 0 Å². The van der Waals surface area contributed by atoms with Crippen molar-refractivity contribution in [2.24, 2.45) is 10.2 Å². The summed E-state index contributed by atoms with van der Waals surface area (Å²) in [7, 11) is -4.54. The predicted molar refractivity (Wildman–Crippen MR) is 71.3 cm³/mol. The Morgan fingerprint density at radius 3 is 2.29 bits per heavy atom. The van der Waals surface area contributed by atoms with Crippen LogP contribution in [0, 0.1) is 0 Å². The molecule has 1 N–H and O–H groups in total. The van der Waals surface area contributed by atoms with Gasteiger partial charge in [0.1, 0.15) is 0 Å². The Balaban J connectivity index is 0.00000288. The van der Waals surface area contributed by atoms with Gasteiger partial charge < -0.3 is 5.11 Å². The first-order valence-electron chi connectivity index (χ1n) is 5.95. The third kappa shape index (κ3) is 5.28. The van der Waals surface area contributed by atoms with Crippen molar-refractivity contribution in [1.82, 2.24) is 0 Å². The fourth-order valence-electron chi connectivity index (χ4n) is 1.59. The Labute approximate surface area is 157 Å². The molecule has 0 bridgehead atoms. The minimum absolute atomic E-state index is 0. The van der Waals surface area contributed by atoms with Crippen LogP contribution in [0.1, 0.15) is 5.56 Å². The molecule has 0 radical (unpaired) electrons. The topological polar surface area (TPSA) is 102 Å². The van der Waals surface area contributed by atoms with Crippen molar-refractivity contribution >= 4 is 21.5 Å². The van der Waals surface area contributed by atoms with Gasteiger partial charge in [0.15, 0.2) is 0 Å². The summed E-state index contributed by atoms with van der Waals surface area (Å²) in [6, 6.07) is 6.41. The van der Waals surface area contributed by atoms with Crippen LogP contribution in [-0.2, 0) is 16.3 Å². The molecule has 0 spiro atoms. The van der Waals surface area contributed by atoms with Gasteiger partial charge in [-0.2, -0.15) is 31.8 Å². The third-order valence-corrected chi connectivity index (χ3v) is 3.52. The maximum absolute atomic E-state index is 12.6. The van der Waals surface area contributed by atoms with Crippen molar-refractivity contribution in [1.29, 1.82) is 0 Å². The largest absolute Gasteiger partial charge is 1.00 e. The summed E-state index contributed by atoms with van der Waals surface area (Å²) in [5.41, 5.74) is -1.54. The maximum atomic E-state index is 12.6. The minimum atomic E-state index is -4.56. The number of azo groups is 1. The Hall–Kier alpha value is -1.46. The Bertz CT molecular complexity index is 870. The molecular formula is C13H8F3N2NaO4S. The molecule has 0 saturated carbocycles. The van der Waals surface area contributed by atoms with E-state index in [9.17, 15) is 26.7 Å². The molecule has 0 amide bonds. The summed E-state index contributed by atoms with van der Waals surface area (Å²) in [5, 5.41) is 18.5. The van der Waals surface area contributed by atoms with E-state index in [4.69, 9.17) is 4.55 Å². The zero-order valence-corrected chi connectivity index (χ0v) is 15.0. The second-order valence-electron chi connectivity index (χ2n) is 4.35. The van der Waals surface area contributed by atoms with E-state index in [0.29, 0.717) is 0 Å². The van der Waals surface area contributed by atoms with Crippen LogP contribution in [0.4, 0.5) is 24.5 Å². The van der Waals surface area contributed by atoms with Crippen LogP contribution in [-0.4, -0.2) is 13.0 Å². The SMILES string of the molecule is O=S(=O)(O)c1ccc([O-])c(N=Nc2cccc(C(F)(F)F)c2)c1.[Na+]. The molecule has 24 heavy (non-hydrogen) atoms. The average molecular weight is 368 g/mol. The van der Waals surface area contributed by atoms with E-state index >= 15 is 0 Å². The smallest absolute Gasteiger partial charge is 0.871 e. The zero-order chi connectivity index (χ0) is 17.3. The van der Waals surface area contributed by atoms with Crippen LogP contribution in [0.25, 0.3) is 0 Å². The number of nitrogens with zero attached hydrogens (tertiary/aromatic N) is 2. The summed E-state index contributed by atoms with van der Waals surface area (Å²) in [4.78, 5) is -0.574. The molecule has 2 aromatic carbocycles. The van der Waals surface area contributed by atoms with Crippen LogP contribution in [0.15, 0.2) is 57.6 Å². The van der Waals surface area contributed by atoms with Crippen LogP contribution >= 0.6 is 0 Å². The average Bonchev–Trinajstić information content (AvgIpc) is 2.44. The molecule has 0 heterocycles. The molecule has 0 aliphatic rings. The molecule has 2 aromatic rings. The van der Waals surface area contributed by atoms with Crippen LogP contribution in [0.3, 0.4) is 0 Å². The molecule has 122 valence electrons. The van der Waals surface area contributed by atoms with Gasteiger partial charge in [-0.15, -0.1) is 0 Å². The Morgan fingerprint density at radius 2 is 1.71 bits per heavy atom. The van der Waals surface area contributed by atoms with E-state index in [-0.39, 0.29) is 35.2 Å². The monoisotopic (exact) mass is 368 g/mol. The molecule has 6 nitrogen and oxygen atoms in total. The van der Waals surface area contributed by atoms with Crippen molar-refractivity contribution in [3.63, 3.8) is 0 Å². The number of hydrogen-bond donors (Lipinski definition) is 1. The van der Waals surface area contributed by atoms with E-state index < -0.39 is 38.2 Å². The summed E-state index contributed by atoms with van der Waals surface area (Å²) < 4.78 is 68.5. The fourth-order valence-corrected chi connectivity index (χ4v) is 2.09. The van der Waals surface area contributed by atoms with E-state index in [1.165, 1.54) is 6.07 Å². The van der Waals surface area contributed by atoms with Crippen molar-refractivity contribution in [3.8, 4) is 5.75 Å². The minimum Gasteiger partial charge on any atom is -0.871 e. The summed E-state index contributed by atoms with van der Waals surface area (Å²) in [5.74, 6) is -0.701. The maximum Gasteiger partial charge on any atom is 1.00 e. The molecule has 0 saturated heterocycles. The molecular weight excluding hydrogens is 360 g/mol. The van der Waals surface area contributed by atoms with Gasteiger partial charge in [0.05, 0.1) is 21.8 Å².